The fourth-order valence-electron chi connectivity index (χ4n) is 2.72. The van der Waals surface area contributed by atoms with E-state index in [0.29, 0.717) is 12.5 Å². The van der Waals surface area contributed by atoms with E-state index < -0.39 is 0 Å². The van der Waals surface area contributed by atoms with E-state index in [-0.39, 0.29) is 5.41 Å². The summed E-state index contributed by atoms with van der Waals surface area (Å²) in [5.74, 6) is 1.10. The summed E-state index contributed by atoms with van der Waals surface area (Å²) in [6, 6.07) is 0. The van der Waals surface area contributed by atoms with Crippen LogP contribution in [0.5, 0.6) is 0 Å². The minimum Gasteiger partial charge on any atom is -0.396 e. The van der Waals surface area contributed by atoms with Crippen molar-refractivity contribution in [2.75, 3.05) is 6.61 Å². The first-order valence-electron chi connectivity index (χ1n) is 5.31. The number of hydrogen-bond donors (Lipinski definition) is 1. The summed E-state index contributed by atoms with van der Waals surface area (Å²) in [5.41, 5.74) is 1.64. The van der Waals surface area contributed by atoms with Gasteiger partial charge < -0.3 is 5.11 Å². The van der Waals surface area contributed by atoms with Gasteiger partial charge in [-0.15, -0.1) is 0 Å². The molecule has 0 fully saturated rings. The fraction of sp³-hybridized carbons (Fsp3) is 0.833. The van der Waals surface area contributed by atoms with Crippen LogP contribution < -0.4 is 0 Å². The Labute approximate surface area is 81.9 Å². The van der Waals surface area contributed by atoms with Crippen molar-refractivity contribution in [3.8, 4) is 0 Å². The summed E-state index contributed by atoms with van der Waals surface area (Å²) in [6.07, 6.45) is 4.71. The second-order valence-electron chi connectivity index (χ2n) is 4.85. The first-order chi connectivity index (χ1) is 6.04. The molecule has 1 aliphatic carbocycles. The third-order valence-electron chi connectivity index (χ3n) is 3.90. The number of aliphatic hydroxyl groups is 1. The lowest BCUT2D eigenvalue weighted by Crippen LogP contribution is -2.37. The second-order valence-corrected chi connectivity index (χ2v) is 4.85. The zero-order valence-electron chi connectivity index (χ0n) is 9.30. The van der Waals surface area contributed by atoms with Crippen molar-refractivity contribution >= 4 is 0 Å². The Bertz CT molecular complexity index is 203. The molecule has 0 aromatic heterocycles. The van der Waals surface area contributed by atoms with Gasteiger partial charge in [0.25, 0.3) is 0 Å². The van der Waals surface area contributed by atoms with Crippen molar-refractivity contribution in [1.29, 1.82) is 0 Å². The average Bonchev–Trinajstić information content (AvgIpc) is 2.04. The summed E-state index contributed by atoms with van der Waals surface area (Å²) in [4.78, 5) is 0. The Balaban J connectivity index is 2.91. The Hall–Kier alpha value is -0.300. The molecule has 0 heterocycles. The molecular weight excluding hydrogens is 160 g/mol. The van der Waals surface area contributed by atoms with Crippen molar-refractivity contribution in [2.24, 2.45) is 17.3 Å². The molecule has 1 nitrogen and oxygen atoms in total. The average molecular weight is 182 g/mol. The van der Waals surface area contributed by atoms with Gasteiger partial charge in [-0.25, -0.2) is 0 Å². The number of hydrogen-bond acceptors (Lipinski definition) is 1. The highest BCUT2D eigenvalue weighted by atomic mass is 16.3. The molecule has 0 aromatic rings. The molecule has 1 N–H and O–H groups in total. The molecule has 1 rings (SSSR count). The van der Waals surface area contributed by atoms with Crippen molar-refractivity contribution in [2.45, 2.75) is 40.5 Å². The predicted octanol–water partition coefficient (Wildman–Crippen LogP) is 3.00. The molecule has 0 saturated carbocycles. The molecular formula is C12H22O. The van der Waals surface area contributed by atoms with E-state index in [4.69, 9.17) is 0 Å². The Morgan fingerprint density at radius 3 is 2.62 bits per heavy atom. The number of aliphatic hydroxyl groups excluding tert-OH is 1. The fourth-order valence-corrected chi connectivity index (χ4v) is 2.72. The molecule has 13 heavy (non-hydrogen) atoms. The van der Waals surface area contributed by atoms with Crippen LogP contribution in [0.3, 0.4) is 0 Å². The van der Waals surface area contributed by atoms with Gasteiger partial charge >= 0.3 is 0 Å². The highest BCUT2D eigenvalue weighted by Crippen LogP contribution is 2.45. The summed E-state index contributed by atoms with van der Waals surface area (Å²) in [7, 11) is 0. The molecule has 2 atom stereocenters. The van der Waals surface area contributed by atoms with Gasteiger partial charge in [-0.3, -0.25) is 0 Å². The van der Waals surface area contributed by atoms with Gasteiger partial charge in [0.15, 0.2) is 0 Å². The maximum absolute atomic E-state index is 9.37. The van der Waals surface area contributed by atoms with Gasteiger partial charge in [-0.1, -0.05) is 38.8 Å². The van der Waals surface area contributed by atoms with Gasteiger partial charge in [0.1, 0.15) is 0 Å². The molecule has 76 valence electrons. The highest BCUT2D eigenvalue weighted by Gasteiger charge is 2.38. The maximum atomic E-state index is 9.37. The first kappa shape index (κ1) is 10.8. The van der Waals surface area contributed by atoms with Crippen LogP contribution in [0, 0.1) is 17.3 Å². The standard InChI is InChI=1S/C12H22O/c1-5-10-7-6-9(2)11(8-13)12(10,3)4/h6,10-11,13H,5,7-8H2,1-4H3/t10-,11-/m0/s1. The number of allylic oxidation sites excluding steroid dienone is 1. The third-order valence-corrected chi connectivity index (χ3v) is 3.90. The topological polar surface area (TPSA) is 20.2 Å². The van der Waals surface area contributed by atoms with Crippen LogP contribution in [0.15, 0.2) is 11.6 Å². The van der Waals surface area contributed by atoms with E-state index in [9.17, 15) is 5.11 Å². The van der Waals surface area contributed by atoms with Crippen LogP contribution in [0.2, 0.25) is 0 Å². The van der Waals surface area contributed by atoms with Crippen LogP contribution in [0.25, 0.3) is 0 Å². The van der Waals surface area contributed by atoms with Gasteiger partial charge in [-0.05, 0) is 24.7 Å². The van der Waals surface area contributed by atoms with E-state index in [2.05, 4.69) is 33.8 Å². The van der Waals surface area contributed by atoms with Gasteiger partial charge in [0.05, 0.1) is 6.61 Å². The quantitative estimate of drug-likeness (QED) is 0.651. The summed E-state index contributed by atoms with van der Waals surface area (Å²) in [6.45, 7) is 9.27. The van der Waals surface area contributed by atoms with E-state index >= 15 is 0 Å². The highest BCUT2D eigenvalue weighted by molar-refractivity contribution is 5.14. The lowest BCUT2D eigenvalue weighted by molar-refractivity contribution is 0.0725. The van der Waals surface area contributed by atoms with Gasteiger partial charge in [0.2, 0.25) is 0 Å². The third kappa shape index (κ3) is 1.80. The Morgan fingerprint density at radius 2 is 2.15 bits per heavy atom. The van der Waals surface area contributed by atoms with Crippen molar-refractivity contribution in [1.82, 2.24) is 0 Å². The Kier molecular flexibility index (Phi) is 3.18. The molecule has 0 radical (unpaired) electrons. The van der Waals surface area contributed by atoms with E-state index in [1.165, 1.54) is 18.4 Å². The largest absolute Gasteiger partial charge is 0.396 e. The minimum atomic E-state index is 0.266. The molecule has 0 bridgehead atoms. The molecule has 0 unspecified atom stereocenters. The molecule has 0 saturated heterocycles. The SMILES string of the molecule is CC[C@H]1CC=C(C)[C@H](CO)C1(C)C. The normalized spacial score (nSPS) is 32.8. The van der Waals surface area contributed by atoms with Crippen LogP contribution in [-0.2, 0) is 0 Å². The lowest BCUT2D eigenvalue weighted by Gasteiger charge is -2.43. The zero-order chi connectivity index (χ0) is 10.1. The number of rotatable bonds is 2. The Morgan fingerprint density at radius 1 is 1.54 bits per heavy atom. The van der Waals surface area contributed by atoms with Crippen LogP contribution in [0.4, 0.5) is 0 Å². The molecule has 0 amide bonds. The maximum Gasteiger partial charge on any atom is 0.0501 e. The van der Waals surface area contributed by atoms with Crippen LogP contribution in [0.1, 0.15) is 40.5 Å². The van der Waals surface area contributed by atoms with Gasteiger partial charge in [-0.2, -0.15) is 0 Å². The molecule has 1 heteroatoms. The van der Waals surface area contributed by atoms with E-state index in [1.54, 1.807) is 0 Å². The lowest BCUT2D eigenvalue weighted by atomic mass is 9.62. The second kappa shape index (κ2) is 3.83. The molecule has 1 aliphatic rings. The predicted molar refractivity (Wildman–Crippen MR) is 56.5 cm³/mol. The van der Waals surface area contributed by atoms with E-state index in [0.717, 1.165) is 5.92 Å². The molecule has 0 aromatic carbocycles. The van der Waals surface area contributed by atoms with Crippen molar-refractivity contribution in [3.63, 3.8) is 0 Å². The van der Waals surface area contributed by atoms with Crippen LogP contribution >= 0.6 is 0 Å². The van der Waals surface area contributed by atoms with Crippen molar-refractivity contribution < 1.29 is 5.11 Å². The van der Waals surface area contributed by atoms with E-state index in [1.807, 2.05) is 0 Å². The minimum absolute atomic E-state index is 0.266. The monoisotopic (exact) mass is 182 g/mol. The summed E-state index contributed by atoms with van der Waals surface area (Å²) >= 11 is 0. The van der Waals surface area contributed by atoms with Crippen LogP contribution in [-0.4, -0.2) is 11.7 Å². The zero-order valence-corrected chi connectivity index (χ0v) is 9.30. The first-order valence-corrected chi connectivity index (χ1v) is 5.31. The summed E-state index contributed by atoms with van der Waals surface area (Å²) in [5, 5.41) is 9.37. The smallest absolute Gasteiger partial charge is 0.0501 e. The molecule has 0 aliphatic heterocycles. The van der Waals surface area contributed by atoms with Gasteiger partial charge in [0, 0.05) is 5.92 Å². The van der Waals surface area contributed by atoms with Crippen molar-refractivity contribution in [3.05, 3.63) is 11.6 Å². The molecule has 0 spiro atoms. The summed E-state index contributed by atoms with van der Waals surface area (Å²) < 4.78 is 0.